The number of aryl methyl sites for hydroxylation is 1. The monoisotopic (exact) mass is 451 g/mol. The first kappa shape index (κ1) is 20.2. The van der Waals surface area contributed by atoms with E-state index in [0.717, 1.165) is 20.1 Å². The molecule has 8 heteroatoms. The van der Waals surface area contributed by atoms with Gasteiger partial charge in [-0.2, -0.15) is 5.26 Å². The standard InChI is InChI=1S/C22H14ClN3O2S2/c1-13-6-7-15(23)11-18(13)25-21(27)14(12-24)10-16-8-9-20(28-16)30-22-26-17-4-2-3-5-19(17)29-22/h2-11H,1H3,(H,25,27)/b14-10+. The van der Waals surface area contributed by atoms with Crippen LogP contribution in [0, 0.1) is 18.3 Å². The summed E-state index contributed by atoms with van der Waals surface area (Å²) in [5, 5.41) is 13.3. The number of nitriles is 1. The van der Waals surface area contributed by atoms with Gasteiger partial charge < -0.3 is 9.73 Å². The number of carbonyl (C=O) groups is 1. The van der Waals surface area contributed by atoms with Crippen LogP contribution in [0.15, 0.2) is 74.0 Å². The van der Waals surface area contributed by atoms with Crippen molar-refractivity contribution >= 4 is 62.6 Å². The van der Waals surface area contributed by atoms with Crippen LogP contribution in [-0.2, 0) is 4.79 Å². The van der Waals surface area contributed by atoms with Crippen LogP contribution in [0.25, 0.3) is 16.3 Å². The van der Waals surface area contributed by atoms with Gasteiger partial charge in [-0.1, -0.05) is 29.8 Å². The van der Waals surface area contributed by atoms with Crippen LogP contribution in [0.4, 0.5) is 5.69 Å². The van der Waals surface area contributed by atoms with E-state index in [1.165, 1.54) is 17.8 Å². The molecule has 1 amide bonds. The van der Waals surface area contributed by atoms with Crippen LogP contribution in [0.3, 0.4) is 0 Å². The molecule has 4 aromatic rings. The van der Waals surface area contributed by atoms with Gasteiger partial charge in [0.2, 0.25) is 0 Å². The zero-order chi connectivity index (χ0) is 21.1. The van der Waals surface area contributed by atoms with E-state index in [0.29, 0.717) is 21.6 Å². The van der Waals surface area contributed by atoms with Crippen LogP contribution in [0.2, 0.25) is 5.02 Å². The minimum Gasteiger partial charge on any atom is -0.450 e. The number of hydrogen-bond donors (Lipinski definition) is 1. The van der Waals surface area contributed by atoms with E-state index in [1.807, 2.05) is 37.3 Å². The first-order valence-electron chi connectivity index (χ1n) is 8.84. The Bertz CT molecular complexity index is 1280. The van der Waals surface area contributed by atoms with Crippen LogP contribution < -0.4 is 5.32 Å². The SMILES string of the molecule is Cc1ccc(Cl)cc1NC(=O)/C(C#N)=C/c1ccc(Sc2nc3ccccc3s2)o1. The third-order valence-corrected chi connectivity index (χ3v) is 6.42. The second kappa shape index (κ2) is 8.76. The fourth-order valence-electron chi connectivity index (χ4n) is 2.66. The highest BCUT2D eigenvalue weighted by atomic mass is 35.5. The summed E-state index contributed by atoms with van der Waals surface area (Å²) in [6.45, 7) is 1.85. The Balaban J connectivity index is 1.50. The van der Waals surface area contributed by atoms with E-state index in [2.05, 4.69) is 10.3 Å². The van der Waals surface area contributed by atoms with Gasteiger partial charge in [0.15, 0.2) is 9.43 Å². The molecule has 2 aromatic carbocycles. The Morgan fingerprint density at radius 3 is 2.90 bits per heavy atom. The van der Waals surface area contributed by atoms with Crippen LogP contribution in [0.1, 0.15) is 11.3 Å². The maximum atomic E-state index is 12.5. The number of para-hydroxylation sites is 1. The summed E-state index contributed by atoms with van der Waals surface area (Å²) in [4.78, 5) is 17.1. The predicted molar refractivity (Wildman–Crippen MR) is 121 cm³/mol. The number of furan rings is 1. The van der Waals surface area contributed by atoms with Crippen molar-refractivity contribution < 1.29 is 9.21 Å². The fourth-order valence-corrected chi connectivity index (χ4v) is 4.80. The van der Waals surface area contributed by atoms with Gasteiger partial charge in [0.05, 0.1) is 10.2 Å². The molecule has 0 atom stereocenters. The number of hydrogen-bond acceptors (Lipinski definition) is 6. The molecular weight excluding hydrogens is 438 g/mol. The molecule has 1 N–H and O–H groups in total. The highest BCUT2D eigenvalue weighted by Gasteiger charge is 2.13. The van der Waals surface area contributed by atoms with Crippen molar-refractivity contribution in [2.24, 2.45) is 0 Å². The van der Waals surface area contributed by atoms with Gasteiger partial charge in [0.1, 0.15) is 17.4 Å². The van der Waals surface area contributed by atoms with E-state index in [4.69, 9.17) is 16.0 Å². The minimum atomic E-state index is -0.528. The zero-order valence-corrected chi connectivity index (χ0v) is 18.1. The number of halogens is 1. The van der Waals surface area contributed by atoms with Crippen molar-refractivity contribution in [2.75, 3.05) is 5.32 Å². The number of fused-ring (bicyclic) bond motifs is 1. The summed E-state index contributed by atoms with van der Waals surface area (Å²) in [7, 11) is 0. The molecule has 0 bridgehead atoms. The molecule has 148 valence electrons. The number of rotatable bonds is 5. The molecular formula is C22H14ClN3O2S2. The van der Waals surface area contributed by atoms with Crippen molar-refractivity contribution in [2.45, 2.75) is 16.4 Å². The molecule has 30 heavy (non-hydrogen) atoms. The lowest BCUT2D eigenvalue weighted by atomic mass is 10.1. The van der Waals surface area contributed by atoms with Crippen molar-refractivity contribution in [1.29, 1.82) is 5.26 Å². The Morgan fingerprint density at radius 2 is 2.10 bits per heavy atom. The molecule has 0 aliphatic carbocycles. The van der Waals surface area contributed by atoms with Gasteiger partial charge in [0, 0.05) is 16.8 Å². The quantitative estimate of drug-likeness (QED) is 0.275. The normalized spacial score (nSPS) is 11.4. The number of thiazole rings is 1. The zero-order valence-electron chi connectivity index (χ0n) is 15.7. The third kappa shape index (κ3) is 4.57. The third-order valence-electron chi connectivity index (χ3n) is 4.16. The van der Waals surface area contributed by atoms with Gasteiger partial charge in [0.25, 0.3) is 5.91 Å². The number of carbonyl (C=O) groups excluding carboxylic acids is 1. The summed E-state index contributed by atoms with van der Waals surface area (Å²) in [5.74, 6) is -0.118. The molecule has 0 fully saturated rings. The van der Waals surface area contributed by atoms with Crippen LogP contribution in [-0.4, -0.2) is 10.9 Å². The number of aromatic nitrogens is 1. The summed E-state index contributed by atoms with van der Waals surface area (Å²) in [6, 6.07) is 18.5. The second-order valence-corrected chi connectivity index (χ2v) is 9.01. The van der Waals surface area contributed by atoms with Crippen LogP contribution in [0.5, 0.6) is 0 Å². The molecule has 0 unspecified atom stereocenters. The minimum absolute atomic E-state index is 0.0692. The Labute approximate surface area is 186 Å². The summed E-state index contributed by atoms with van der Waals surface area (Å²) < 4.78 is 7.72. The smallest absolute Gasteiger partial charge is 0.266 e. The molecule has 4 rings (SSSR count). The lowest BCUT2D eigenvalue weighted by molar-refractivity contribution is -0.112. The van der Waals surface area contributed by atoms with E-state index in [-0.39, 0.29) is 5.57 Å². The van der Waals surface area contributed by atoms with E-state index in [1.54, 1.807) is 41.7 Å². The average molecular weight is 452 g/mol. The van der Waals surface area contributed by atoms with Crippen molar-refractivity contribution in [3.8, 4) is 6.07 Å². The molecule has 2 heterocycles. The van der Waals surface area contributed by atoms with E-state index >= 15 is 0 Å². The van der Waals surface area contributed by atoms with Gasteiger partial charge in [-0.3, -0.25) is 4.79 Å². The van der Waals surface area contributed by atoms with E-state index < -0.39 is 5.91 Å². The van der Waals surface area contributed by atoms with Gasteiger partial charge >= 0.3 is 0 Å². The largest absolute Gasteiger partial charge is 0.450 e. The number of benzene rings is 2. The number of amides is 1. The molecule has 0 saturated heterocycles. The maximum Gasteiger partial charge on any atom is 0.266 e. The van der Waals surface area contributed by atoms with E-state index in [9.17, 15) is 10.1 Å². The molecule has 2 aromatic heterocycles. The summed E-state index contributed by atoms with van der Waals surface area (Å²) >= 11 is 8.96. The van der Waals surface area contributed by atoms with Gasteiger partial charge in [-0.05, 0) is 60.6 Å². The molecule has 5 nitrogen and oxygen atoms in total. The average Bonchev–Trinajstić information content (AvgIpc) is 3.35. The molecule has 0 radical (unpaired) electrons. The highest BCUT2D eigenvalue weighted by molar-refractivity contribution is 8.01. The fraction of sp³-hybridized carbons (Fsp3) is 0.0455. The topological polar surface area (TPSA) is 78.9 Å². The number of nitrogens with one attached hydrogen (secondary N) is 1. The van der Waals surface area contributed by atoms with Crippen molar-refractivity contribution in [1.82, 2.24) is 4.98 Å². The van der Waals surface area contributed by atoms with Crippen molar-refractivity contribution in [3.05, 3.63) is 76.5 Å². The molecule has 0 spiro atoms. The molecule has 0 aliphatic heterocycles. The maximum absolute atomic E-state index is 12.5. The number of anilines is 1. The lowest BCUT2D eigenvalue weighted by Crippen LogP contribution is -2.14. The first-order valence-corrected chi connectivity index (χ1v) is 10.9. The lowest BCUT2D eigenvalue weighted by Gasteiger charge is -2.07. The predicted octanol–water partition coefficient (Wildman–Crippen LogP) is 6.55. The summed E-state index contributed by atoms with van der Waals surface area (Å²) in [5.41, 5.74) is 2.27. The molecule has 0 saturated carbocycles. The highest BCUT2D eigenvalue weighted by Crippen LogP contribution is 2.35. The summed E-state index contributed by atoms with van der Waals surface area (Å²) in [6.07, 6.45) is 1.41. The van der Waals surface area contributed by atoms with Gasteiger partial charge in [-0.15, -0.1) is 11.3 Å². The van der Waals surface area contributed by atoms with Crippen molar-refractivity contribution in [3.63, 3.8) is 0 Å². The van der Waals surface area contributed by atoms with Gasteiger partial charge in [-0.25, -0.2) is 4.98 Å². The molecule has 0 aliphatic rings. The Hall–Kier alpha value is -3.05. The van der Waals surface area contributed by atoms with Crippen LogP contribution >= 0.6 is 34.7 Å². The Morgan fingerprint density at radius 1 is 1.27 bits per heavy atom. The first-order chi connectivity index (χ1) is 14.5. The Kier molecular flexibility index (Phi) is 5.91. The number of nitrogens with zero attached hydrogens (tertiary/aromatic N) is 2. The second-order valence-electron chi connectivity index (χ2n) is 6.29.